The highest BCUT2D eigenvalue weighted by molar-refractivity contribution is 8.04. The Labute approximate surface area is 81.5 Å². The van der Waals surface area contributed by atoms with E-state index in [1.54, 1.807) is 0 Å². The van der Waals surface area contributed by atoms with Crippen molar-refractivity contribution in [2.24, 2.45) is 0 Å². The number of aliphatic hydroxyl groups excluding tert-OH is 1. The minimum atomic E-state index is -0.443. The average molecular weight is 200 g/mol. The zero-order valence-corrected chi connectivity index (χ0v) is 8.10. The summed E-state index contributed by atoms with van der Waals surface area (Å²) >= 11 is 1.35. The third-order valence-electron chi connectivity index (χ3n) is 1.58. The molecule has 0 saturated heterocycles. The maximum absolute atomic E-state index is 11.3. The second-order valence-electron chi connectivity index (χ2n) is 2.61. The van der Waals surface area contributed by atoms with Crippen molar-refractivity contribution in [2.45, 2.75) is 12.8 Å². The van der Waals surface area contributed by atoms with Crippen molar-refractivity contribution >= 4 is 17.7 Å². The van der Waals surface area contributed by atoms with Crippen molar-refractivity contribution in [1.82, 2.24) is 0 Å². The average Bonchev–Trinajstić information content (AvgIpc) is 2.15. The molecule has 0 radical (unpaired) electrons. The Hall–Kier alpha value is -0.900. The molecule has 1 rings (SSSR count). The molecule has 13 heavy (non-hydrogen) atoms. The third kappa shape index (κ3) is 2.81. The summed E-state index contributed by atoms with van der Waals surface area (Å²) in [5.41, 5.74) is 0. The van der Waals surface area contributed by atoms with Gasteiger partial charge in [0.1, 0.15) is 17.3 Å². The highest BCUT2D eigenvalue weighted by Gasteiger charge is 2.20. The fourth-order valence-electron chi connectivity index (χ4n) is 0.988. The lowest BCUT2D eigenvalue weighted by molar-refractivity contribution is -0.137. The fraction of sp³-hybridized carbons (Fsp3) is 0.444. The number of carbonyl (C=O) groups excluding carboxylic acids is 1. The van der Waals surface area contributed by atoms with Crippen LogP contribution in [0.25, 0.3) is 0 Å². The molecule has 0 bridgehead atoms. The molecule has 0 atom stereocenters. The lowest BCUT2D eigenvalue weighted by atomic mass is 10.2. The highest BCUT2D eigenvalue weighted by atomic mass is 32.2. The topological polar surface area (TPSA) is 46.5 Å². The summed E-state index contributed by atoms with van der Waals surface area (Å²) in [6.45, 7) is 3.62. The number of thioether (sulfide) groups is 1. The molecule has 0 amide bonds. The van der Waals surface area contributed by atoms with Gasteiger partial charge in [0.25, 0.3) is 0 Å². The fourth-order valence-corrected chi connectivity index (χ4v) is 1.93. The molecule has 0 unspecified atom stereocenters. The molecule has 1 aliphatic rings. The van der Waals surface area contributed by atoms with Crippen LogP contribution in [-0.2, 0) is 9.53 Å². The zero-order valence-electron chi connectivity index (χ0n) is 7.28. The van der Waals surface area contributed by atoms with Gasteiger partial charge in [0.05, 0.1) is 0 Å². The number of esters is 1. The van der Waals surface area contributed by atoms with Crippen LogP contribution in [0.3, 0.4) is 0 Å². The molecule has 0 fully saturated rings. The second-order valence-corrected chi connectivity index (χ2v) is 3.72. The van der Waals surface area contributed by atoms with Gasteiger partial charge in [-0.25, -0.2) is 4.79 Å². The van der Waals surface area contributed by atoms with Crippen molar-refractivity contribution in [1.29, 1.82) is 0 Å². The zero-order chi connectivity index (χ0) is 9.68. The summed E-state index contributed by atoms with van der Waals surface area (Å²) in [6.07, 6.45) is 2.99. The molecule has 3 nitrogen and oxygen atoms in total. The van der Waals surface area contributed by atoms with E-state index in [0.717, 1.165) is 12.2 Å². The van der Waals surface area contributed by atoms with Crippen LogP contribution in [-0.4, -0.2) is 23.4 Å². The first-order valence-corrected chi connectivity index (χ1v) is 5.07. The smallest absolute Gasteiger partial charge is 0.348 e. The van der Waals surface area contributed by atoms with Gasteiger partial charge in [-0.3, -0.25) is 0 Å². The van der Waals surface area contributed by atoms with Gasteiger partial charge in [-0.1, -0.05) is 12.7 Å². The van der Waals surface area contributed by atoms with E-state index in [2.05, 4.69) is 6.58 Å². The van der Waals surface area contributed by atoms with E-state index in [1.807, 2.05) is 0 Å². The van der Waals surface area contributed by atoms with E-state index in [1.165, 1.54) is 17.8 Å². The Kier molecular flexibility index (Phi) is 3.89. The normalized spacial score (nSPS) is 16.9. The Morgan fingerprint density at radius 3 is 3.15 bits per heavy atom. The minimum Gasteiger partial charge on any atom is -0.511 e. The monoisotopic (exact) mass is 200 g/mol. The van der Waals surface area contributed by atoms with Crippen molar-refractivity contribution in [3.8, 4) is 0 Å². The maximum Gasteiger partial charge on any atom is 0.348 e. The lowest BCUT2D eigenvalue weighted by Crippen LogP contribution is -2.11. The molecule has 0 spiro atoms. The lowest BCUT2D eigenvalue weighted by Gasteiger charge is -2.13. The predicted molar refractivity (Wildman–Crippen MR) is 52.5 cm³/mol. The van der Waals surface area contributed by atoms with Crippen LogP contribution < -0.4 is 0 Å². The Bertz CT molecular complexity index is 245. The van der Waals surface area contributed by atoms with Crippen molar-refractivity contribution < 1.29 is 14.6 Å². The summed E-state index contributed by atoms with van der Waals surface area (Å²) in [5.74, 6) is 0.579. The van der Waals surface area contributed by atoms with E-state index < -0.39 is 5.97 Å². The predicted octanol–water partition coefficient (Wildman–Crippen LogP) is 2.01. The Morgan fingerprint density at radius 2 is 2.54 bits per heavy atom. The molecule has 0 aliphatic carbocycles. The van der Waals surface area contributed by atoms with E-state index in [-0.39, 0.29) is 12.4 Å². The number of hydrogen-bond acceptors (Lipinski definition) is 4. The standard InChI is InChI=1S/C9H12O3S/c1-2-5-12-9(11)8-7(10)4-3-6-13-8/h2,10H,1,3-6H2. The molecular formula is C9H12O3S. The SMILES string of the molecule is C=CCOC(=O)C1=C(O)CCCS1. The van der Waals surface area contributed by atoms with Crippen molar-refractivity contribution in [2.75, 3.05) is 12.4 Å². The van der Waals surface area contributed by atoms with Crippen LogP contribution in [0.15, 0.2) is 23.3 Å². The van der Waals surface area contributed by atoms with E-state index in [9.17, 15) is 9.90 Å². The summed E-state index contributed by atoms with van der Waals surface area (Å²) in [6, 6.07) is 0. The third-order valence-corrected chi connectivity index (χ3v) is 2.77. The summed E-state index contributed by atoms with van der Waals surface area (Å²) in [4.78, 5) is 11.6. The first kappa shape index (κ1) is 10.2. The van der Waals surface area contributed by atoms with Crippen LogP contribution in [0.2, 0.25) is 0 Å². The van der Waals surface area contributed by atoms with Crippen LogP contribution in [0, 0.1) is 0 Å². The van der Waals surface area contributed by atoms with Crippen LogP contribution >= 0.6 is 11.8 Å². The van der Waals surface area contributed by atoms with E-state index in [0.29, 0.717) is 11.3 Å². The number of aliphatic hydroxyl groups is 1. The van der Waals surface area contributed by atoms with Gasteiger partial charge < -0.3 is 9.84 Å². The highest BCUT2D eigenvalue weighted by Crippen LogP contribution is 2.29. The van der Waals surface area contributed by atoms with Gasteiger partial charge in [0, 0.05) is 6.42 Å². The number of hydrogen-bond donors (Lipinski definition) is 1. The molecule has 0 saturated carbocycles. The van der Waals surface area contributed by atoms with E-state index >= 15 is 0 Å². The molecule has 72 valence electrons. The first-order valence-electron chi connectivity index (χ1n) is 4.08. The molecule has 0 aromatic heterocycles. The van der Waals surface area contributed by atoms with Crippen LogP contribution in [0.1, 0.15) is 12.8 Å². The van der Waals surface area contributed by atoms with Gasteiger partial charge in [-0.05, 0) is 12.2 Å². The van der Waals surface area contributed by atoms with Gasteiger partial charge in [-0.15, -0.1) is 11.8 Å². The summed E-state index contributed by atoms with van der Waals surface area (Å²) < 4.78 is 4.81. The van der Waals surface area contributed by atoms with Crippen LogP contribution in [0.4, 0.5) is 0 Å². The first-order chi connectivity index (χ1) is 6.25. The number of allylic oxidation sites excluding steroid dienone is 1. The molecule has 4 heteroatoms. The molecule has 0 aromatic carbocycles. The summed E-state index contributed by atoms with van der Waals surface area (Å²) in [7, 11) is 0. The largest absolute Gasteiger partial charge is 0.511 e. The van der Waals surface area contributed by atoms with Crippen molar-refractivity contribution in [3.63, 3.8) is 0 Å². The van der Waals surface area contributed by atoms with E-state index in [4.69, 9.17) is 4.74 Å². The summed E-state index contributed by atoms with van der Waals surface area (Å²) in [5, 5.41) is 9.37. The van der Waals surface area contributed by atoms with Gasteiger partial charge in [0.15, 0.2) is 0 Å². The second kappa shape index (κ2) is 4.97. The number of ether oxygens (including phenoxy) is 1. The number of carbonyl (C=O) groups is 1. The number of rotatable bonds is 3. The van der Waals surface area contributed by atoms with Gasteiger partial charge in [-0.2, -0.15) is 0 Å². The maximum atomic E-state index is 11.3. The van der Waals surface area contributed by atoms with Crippen molar-refractivity contribution in [3.05, 3.63) is 23.3 Å². The Morgan fingerprint density at radius 1 is 1.77 bits per heavy atom. The molecular weight excluding hydrogens is 188 g/mol. The minimum absolute atomic E-state index is 0.158. The molecule has 1 heterocycles. The molecule has 0 aromatic rings. The van der Waals surface area contributed by atoms with Gasteiger partial charge >= 0.3 is 5.97 Å². The van der Waals surface area contributed by atoms with Gasteiger partial charge in [0.2, 0.25) is 0 Å². The quantitative estimate of drug-likeness (QED) is 0.559. The molecule has 1 N–H and O–H groups in total. The Balaban J connectivity index is 2.58. The molecule has 1 aliphatic heterocycles. The van der Waals surface area contributed by atoms with Crippen LogP contribution in [0.5, 0.6) is 0 Å².